The fourth-order valence-electron chi connectivity index (χ4n) is 2.93. The summed E-state index contributed by atoms with van der Waals surface area (Å²) in [5, 5.41) is 0. The number of carbonyl (C=O) groups is 1. The molecule has 0 aliphatic carbocycles. The summed E-state index contributed by atoms with van der Waals surface area (Å²) >= 11 is 0. The highest BCUT2D eigenvalue weighted by molar-refractivity contribution is 5.91. The van der Waals surface area contributed by atoms with Crippen LogP contribution >= 0.6 is 0 Å². The van der Waals surface area contributed by atoms with Gasteiger partial charge in [0.15, 0.2) is 0 Å². The summed E-state index contributed by atoms with van der Waals surface area (Å²) in [6.07, 6.45) is 12.5. The molecule has 0 radical (unpaired) electrons. The van der Waals surface area contributed by atoms with E-state index in [2.05, 4.69) is 32.9 Å². The van der Waals surface area contributed by atoms with Crippen LogP contribution in [0.4, 0.5) is 0 Å². The van der Waals surface area contributed by atoms with Gasteiger partial charge in [0.2, 0.25) is 0 Å². The second kappa shape index (κ2) is 15.1. The van der Waals surface area contributed by atoms with Crippen LogP contribution in [0.3, 0.4) is 0 Å². The Morgan fingerprint density at radius 2 is 1.41 bits per heavy atom. The lowest BCUT2D eigenvalue weighted by molar-refractivity contribution is 0.0734. The van der Waals surface area contributed by atoms with Crippen LogP contribution < -0.4 is 14.2 Å². The van der Waals surface area contributed by atoms with Gasteiger partial charge in [0.25, 0.3) is 0 Å². The molecule has 0 unspecified atom stereocenters. The molecular weight excluding hydrogens is 400 g/mol. The summed E-state index contributed by atoms with van der Waals surface area (Å²) in [4.78, 5) is 12.4. The van der Waals surface area contributed by atoms with E-state index in [1.165, 1.54) is 19.3 Å². The van der Waals surface area contributed by atoms with Crippen LogP contribution in [-0.2, 0) is 0 Å². The van der Waals surface area contributed by atoms with Gasteiger partial charge >= 0.3 is 5.97 Å². The first kappa shape index (κ1) is 25.5. The van der Waals surface area contributed by atoms with E-state index in [0.29, 0.717) is 30.4 Å². The van der Waals surface area contributed by atoms with E-state index in [4.69, 9.17) is 14.2 Å². The zero-order valence-corrected chi connectivity index (χ0v) is 19.8. The van der Waals surface area contributed by atoms with Crippen LogP contribution in [0, 0.1) is 5.92 Å². The van der Waals surface area contributed by atoms with Gasteiger partial charge in [-0.1, -0.05) is 52.2 Å². The van der Waals surface area contributed by atoms with Crippen molar-refractivity contribution in [2.24, 2.45) is 5.92 Å². The molecule has 0 amide bonds. The van der Waals surface area contributed by atoms with E-state index >= 15 is 0 Å². The molecule has 4 nitrogen and oxygen atoms in total. The van der Waals surface area contributed by atoms with Crippen LogP contribution in [0.15, 0.2) is 60.7 Å². The Balaban J connectivity index is 1.69. The normalized spacial score (nSPS) is 12.0. The van der Waals surface area contributed by atoms with Crippen molar-refractivity contribution >= 4 is 5.97 Å². The van der Waals surface area contributed by atoms with Crippen molar-refractivity contribution in [2.75, 3.05) is 13.2 Å². The lowest BCUT2D eigenvalue weighted by Gasteiger charge is -2.11. The Labute approximate surface area is 193 Å². The number of allylic oxidation sites excluding steroid dienone is 2. The van der Waals surface area contributed by atoms with Gasteiger partial charge in [0.1, 0.15) is 17.2 Å². The van der Waals surface area contributed by atoms with Crippen LogP contribution in [-0.4, -0.2) is 19.2 Å². The monoisotopic (exact) mass is 438 g/mol. The second-order valence-electron chi connectivity index (χ2n) is 8.17. The third-order valence-electron chi connectivity index (χ3n) is 5.28. The largest absolute Gasteiger partial charge is 0.494 e. The lowest BCUT2D eigenvalue weighted by Crippen LogP contribution is -2.09. The number of hydrogen-bond donors (Lipinski definition) is 0. The van der Waals surface area contributed by atoms with Gasteiger partial charge in [-0.3, -0.25) is 0 Å². The van der Waals surface area contributed by atoms with Crippen LogP contribution in [0.25, 0.3) is 0 Å². The molecule has 0 heterocycles. The van der Waals surface area contributed by atoms with Crippen molar-refractivity contribution in [1.29, 1.82) is 0 Å². The van der Waals surface area contributed by atoms with Crippen molar-refractivity contribution in [3.8, 4) is 17.2 Å². The molecule has 174 valence electrons. The summed E-state index contributed by atoms with van der Waals surface area (Å²) in [7, 11) is 0. The van der Waals surface area contributed by atoms with Gasteiger partial charge < -0.3 is 14.2 Å². The summed E-state index contributed by atoms with van der Waals surface area (Å²) < 4.78 is 17.0. The highest BCUT2D eigenvalue weighted by atomic mass is 16.5. The Bertz CT molecular complexity index is 793. The smallest absolute Gasteiger partial charge is 0.343 e. The Morgan fingerprint density at radius 3 is 2.06 bits per heavy atom. The van der Waals surface area contributed by atoms with Crippen LogP contribution in [0.5, 0.6) is 17.2 Å². The molecule has 2 aromatic carbocycles. The number of unbranched alkanes of at least 4 members (excludes halogenated alkanes) is 4. The van der Waals surface area contributed by atoms with Gasteiger partial charge in [0.05, 0.1) is 18.8 Å². The van der Waals surface area contributed by atoms with Crippen molar-refractivity contribution in [2.45, 2.75) is 65.7 Å². The molecule has 0 aliphatic heterocycles. The van der Waals surface area contributed by atoms with Crippen molar-refractivity contribution in [3.05, 3.63) is 66.2 Å². The molecule has 0 spiro atoms. The maximum absolute atomic E-state index is 12.4. The molecular formula is C28H38O4. The third kappa shape index (κ3) is 10.0. The molecule has 0 saturated carbocycles. The van der Waals surface area contributed by atoms with E-state index in [0.717, 1.165) is 37.2 Å². The SMILES string of the molecule is CCCC/C=C\CCCCOc1ccc(C(=O)Oc2ccc(OC[C@@H](C)CC)cc2)cc1. The zero-order valence-electron chi connectivity index (χ0n) is 19.8. The number of rotatable bonds is 15. The first-order valence-corrected chi connectivity index (χ1v) is 11.9. The minimum absolute atomic E-state index is 0.389. The van der Waals surface area contributed by atoms with E-state index < -0.39 is 0 Å². The third-order valence-corrected chi connectivity index (χ3v) is 5.28. The Hall–Kier alpha value is -2.75. The second-order valence-corrected chi connectivity index (χ2v) is 8.17. The van der Waals surface area contributed by atoms with Gasteiger partial charge in [-0.05, 0) is 80.1 Å². The fourth-order valence-corrected chi connectivity index (χ4v) is 2.93. The molecule has 0 bridgehead atoms. The maximum Gasteiger partial charge on any atom is 0.343 e. The average molecular weight is 439 g/mol. The molecule has 0 aromatic heterocycles. The standard InChI is InChI=1S/C28H38O4/c1-4-6-7-8-9-10-11-12-21-30-25-15-13-24(14-16-25)28(29)32-27-19-17-26(18-20-27)31-22-23(3)5-2/h8-9,13-20,23H,4-7,10-12,21-22H2,1-3H3/b9-8-/t23-/m0/s1. The summed E-state index contributed by atoms with van der Waals surface area (Å²) in [6, 6.07) is 14.2. The Kier molecular flexibility index (Phi) is 12.1. The van der Waals surface area contributed by atoms with Gasteiger partial charge in [-0.2, -0.15) is 0 Å². The molecule has 0 N–H and O–H groups in total. The van der Waals surface area contributed by atoms with E-state index in [-0.39, 0.29) is 5.97 Å². The van der Waals surface area contributed by atoms with Gasteiger partial charge in [-0.15, -0.1) is 0 Å². The number of esters is 1. The van der Waals surface area contributed by atoms with E-state index in [9.17, 15) is 4.79 Å². The minimum atomic E-state index is -0.389. The zero-order chi connectivity index (χ0) is 23.0. The van der Waals surface area contributed by atoms with Crippen LogP contribution in [0.1, 0.15) is 76.1 Å². The highest BCUT2D eigenvalue weighted by Gasteiger charge is 2.09. The van der Waals surface area contributed by atoms with Gasteiger partial charge in [0, 0.05) is 0 Å². The van der Waals surface area contributed by atoms with E-state index in [1.807, 2.05) is 24.3 Å². The lowest BCUT2D eigenvalue weighted by atomic mass is 10.1. The molecule has 4 heteroatoms. The molecule has 32 heavy (non-hydrogen) atoms. The number of carbonyl (C=O) groups excluding carboxylic acids is 1. The van der Waals surface area contributed by atoms with E-state index in [1.54, 1.807) is 24.3 Å². The van der Waals surface area contributed by atoms with Crippen LogP contribution in [0.2, 0.25) is 0 Å². The van der Waals surface area contributed by atoms with Gasteiger partial charge in [-0.25, -0.2) is 4.79 Å². The van der Waals surface area contributed by atoms with Crippen molar-refractivity contribution in [3.63, 3.8) is 0 Å². The fraction of sp³-hybridized carbons (Fsp3) is 0.464. The highest BCUT2D eigenvalue weighted by Crippen LogP contribution is 2.20. The number of hydrogen-bond acceptors (Lipinski definition) is 4. The topological polar surface area (TPSA) is 44.8 Å². The summed E-state index contributed by atoms with van der Waals surface area (Å²) in [5.41, 5.74) is 0.492. The summed E-state index contributed by atoms with van der Waals surface area (Å²) in [6.45, 7) is 7.87. The van der Waals surface area contributed by atoms with Crippen molar-refractivity contribution < 1.29 is 19.0 Å². The molecule has 0 aliphatic rings. The maximum atomic E-state index is 12.4. The average Bonchev–Trinajstić information content (AvgIpc) is 2.82. The quantitative estimate of drug-likeness (QED) is 0.124. The first-order valence-electron chi connectivity index (χ1n) is 11.9. The molecule has 2 rings (SSSR count). The predicted molar refractivity (Wildman–Crippen MR) is 131 cm³/mol. The minimum Gasteiger partial charge on any atom is -0.494 e. The molecule has 2 aromatic rings. The first-order chi connectivity index (χ1) is 15.6. The molecule has 0 saturated heterocycles. The molecule has 0 fully saturated rings. The summed E-state index contributed by atoms with van der Waals surface area (Å²) in [5.74, 6) is 2.16. The Morgan fingerprint density at radius 1 is 0.812 bits per heavy atom. The molecule has 1 atom stereocenters. The van der Waals surface area contributed by atoms with Crippen molar-refractivity contribution in [1.82, 2.24) is 0 Å². The number of ether oxygens (including phenoxy) is 3. The predicted octanol–water partition coefficient (Wildman–Crippen LogP) is 7.63. The number of benzene rings is 2.